The van der Waals surface area contributed by atoms with Gasteiger partial charge in [0.2, 0.25) is 0 Å². The number of carbonyl (C=O) groups is 1. The van der Waals surface area contributed by atoms with Gasteiger partial charge in [-0.05, 0) is 51.4 Å². The van der Waals surface area contributed by atoms with Gasteiger partial charge in [0.25, 0.3) is 5.91 Å². The van der Waals surface area contributed by atoms with Gasteiger partial charge in [0.1, 0.15) is 5.75 Å². The molecule has 0 radical (unpaired) electrons. The fourth-order valence-electron chi connectivity index (χ4n) is 4.22. The number of aromatic nitrogens is 3. The van der Waals surface area contributed by atoms with E-state index >= 15 is 0 Å². The molecule has 0 bridgehead atoms. The topological polar surface area (TPSA) is 89.3 Å². The molecule has 3 rings (SSSR count). The predicted molar refractivity (Wildman–Crippen MR) is 126 cm³/mol. The zero-order chi connectivity index (χ0) is 24.9. The van der Waals surface area contributed by atoms with Crippen LogP contribution in [0.15, 0.2) is 12.3 Å². The second kappa shape index (κ2) is 11.4. The average Bonchev–Trinajstić information content (AvgIpc) is 3.14. The number of ether oxygens (including phenoxy) is 1. The van der Waals surface area contributed by atoms with Crippen LogP contribution >= 0.6 is 11.6 Å². The van der Waals surface area contributed by atoms with E-state index in [4.69, 9.17) is 16.3 Å². The lowest BCUT2D eigenvalue weighted by molar-refractivity contribution is -0.0495. The lowest BCUT2D eigenvalue weighted by Crippen LogP contribution is -2.45. The Labute approximate surface area is 203 Å². The second-order valence-corrected chi connectivity index (χ2v) is 9.45. The monoisotopic (exact) mass is 498 g/mol. The summed E-state index contributed by atoms with van der Waals surface area (Å²) in [6.07, 6.45) is 6.89. The second-order valence-electron chi connectivity index (χ2n) is 9.07. The Morgan fingerprint density at radius 3 is 2.71 bits per heavy atom. The van der Waals surface area contributed by atoms with Crippen molar-refractivity contribution in [2.24, 2.45) is 5.92 Å². The quantitative estimate of drug-likeness (QED) is 0.468. The van der Waals surface area contributed by atoms with Crippen molar-refractivity contribution in [2.75, 3.05) is 6.54 Å². The van der Waals surface area contributed by atoms with Crippen LogP contribution in [0.2, 0.25) is 5.02 Å². The number of nitrogens with zero attached hydrogens (tertiary/aromatic N) is 3. The standard InChI is InChI=1S/C24H33ClF2N4O3/c1-4-6-7-16-12-18(34-23(26)27)17(13-28-16)21-19(25)20(30-31(21)5-2)22(32)29-14-24(33)10-8-15(3)9-11-24/h12-13,15,23,33H,4-11,14H2,1-3H3,(H,29,32). The zero-order valence-electron chi connectivity index (χ0n) is 19.9. The van der Waals surface area contributed by atoms with Crippen LogP contribution in [0.5, 0.6) is 5.75 Å². The molecule has 2 aromatic heterocycles. The highest BCUT2D eigenvalue weighted by Gasteiger charge is 2.33. The molecule has 34 heavy (non-hydrogen) atoms. The number of alkyl halides is 2. The van der Waals surface area contributed by atoms with Crippen LogP contribution < -0.4 is 10.1 Å². The third kappa shape index (κ3) is 6.24. The molecule has 0 aromatic carbocycles. The van der Waals surface area contributed by atoms with Gasteiger partial charge >= 0.3 is 6.61 Å². The Bertz CT molecular complexity index is 991. The lowest BCUT2D eigenvalue weighted by atomic mass is 9.79. The van der Waals surface area contributed by atoms with Crippen molar-refractivity contribution < 1.29 is 23.4 Å². The van der Waals surface area contributed by atoms with Gasteiger partial charge in [-0.15, -0.1) is 0 Å². The Morgan fingerprint density at radius 1 is 1.38 bits per heavy atom. The van der Waals surface area contributed by atoms with E-state index in [1.54, 1.807) is 6.92 Å². The van der Waals surface area contributed by atoms with Crippen molar-refractivity contribution in [3.63, 3.8) is 0 Å². The molecule has 188 valence electrons. The van der Waals surface area contributed by atoms with E-state index < -0.39 is 18.1 Å². The summed E-state index contributed by atoms with van der Waals surface area (Å²) in [5, 5.41) is 17.9. The van der Waals surface area contributed by atoms with Crippen molar-refractivity contribution in [1.29, 1.82) is 0 Å². The molecule has 2 heterocycles. The number of carbonyl (C=O) groups excluding carboxylic acids is 1. The van der Waals surface area contributed by atoms with Crippen LogP contribution in [0.1, 0.15) is 75.5 Å². The fourth-order valence-corrected chi connectivity index (χ4v) is 4.54. The molecule has 0 saturated heterocycles. The van der Waals surface area contributed by atoms with Crippen molar-refractivity contribution in [3.05, 3.63) is 28.7 Å². The number of pyridine rings is 1. The Morgan fingerprint density at radius 2 is 2.09 bits per heavy atom. The Balaban J connectivity index is 1.89. The summed E-state index contributed by atoms with van der Waals surface area (Å²) in [5.74, 6) is -0.0422. The normalized spacial score (nSPS) is 20.5. The maximum absolute atomic E-state index is 13.2. The summed E-state index contributed by atoms with van der Waals surface area (Å²) in [5.41, 5.74) is 0.155. The lowest BCUT2D eigenvalue weighted by Gasteiger charge is -2.34. The number of rotatable bonds is 10. The van der Waals surface area contributed by atoms with Crippen molar-refractivity contribution in [2.45, 2.75) is 84.5 Å². The highest BCUT2D eigenvalue weighted by atomic mass is 35.5. The number of hydrogen-bond donors (Lipinski definition) is 2. The maximum atomic E-state index is 13.2. The molecular formula is C24H33ClF2N4O3. The summed E-state index contributed by atoms with van der Waals surface area (Å²) in [6.45, 7) is 3.39. The number of aryl methyl sites for hydroxylation is 2. The van der Waals surface area contributed by atoms with Gasteiger partial charge in [-0.1, -0.05) is 31.9 Å². The first-order valence-electron chi connectivity index (χ1n) is 11.9. The van der Waals surface area contributed by atoms with E-state index in [-0.39, 0.29) is 34.3 Å². The van der Waals surface area contributed by atoms with E-state index in [0.717, 1.165) is 25.7 Å². The molecule has 0 atom stereocenters. The van der Waals surface area contributed by atoms with Crippen molar-refractivity contribution in [1.82, 2.24) is 20.1 Å². The van der Waals surface area contributed by atoms with Gasteiger partial charge in [0, 0.05) is 31.0 Å². The average molecular weight is 499 g/mol. The van der Waals surface area contributed by atoms with Gasteiger partial charge in [-0.25, -0.2) is 0 Å². The molecule has 10 heteroatoms. The van der Waals surface area contributed by atoms with Gasteiger partial charge in [0.15, 0.2) is 5.69 Å². The molecule has 1 amide bonds. The summed E-state index contributed by atoms with van der Waals surface area (Å²) in [6, 6.07) is 1.49. The molecule has 1 aliphatic rings. The number of hydrogen-bond acceptors (Lipinski definition) is 5. The largest absolute Gasteiger partial charge is 0.434 e. The highest BCUT2D eigenvalue weighted by Crippen LogP contribution is 2.38. The van der Waals surface area contributed by atoms with Gasteiger partial charge in [-0.2, -0.15) is 13.9 Å². The first-order valence-corrected chi connectivity index (χ1v) is 12.3. The first-order chi connectivity index (χ1) is 16.2. The molecular weight excluding hydrogens is 466 g/mol. The van der Waals surface area contributed by atoms with Crippen LogP contribution in [-0.2, 0) is 13.0 Å². The molecule has 1 aliphatic carbocycles. The molecule has 1 fully saturated rings. The van der Waals surface area contributed by atoms with Crippen LogP contribution in [0.4, 0.5) is 8.78 Å². The zero-order valence-corrected chi connectivity index (χ0v) is 20.7. The van der Waals surface area contributed by atoms with Gasteiger partial charge < -0.3 is 15.2 Å². The van der Waals surface area contributed by atoms with Crippen molar-refractivity contribution in [3.8, 4) is 17.0 Å². The number of unbranched alkanes of at least 4 members (excludes halogenated alkanes) is 1. The molecule has 2 aromatic rings. The SMILES string of the molecule is CCCCc1cc(OC(F)F)c(-c2c(Cl)c(C(=O)NCC3(O)CCC(C)CC3)nn2CC)cn1. The number of aliphatic hydroxyl groups is 1. The summed E-state index contributed by atoms with van der Waals surface area (Å²) < 4.78 is 32.6. The number of halogens is 3. The van der Waals surface area contributed by atoms with E-state index in [9.17, 15) is 18.7 Å². The summed E-state index contributed by atoms with van der Waals surface area (Å²) in [4.78, 5) is 17.3. The predicted octanol–water partition coefficient (Wildman–Crippen LogP) is 5.23. The third-order valence-electron chi connectivity index (χ3n) is 6.37. The minimum absolute atomic E-state index is 0.0193. The molecule has 1 saturated carbocycles. The van der Waals surface area contributed by atoms with E-state index in [1.807, 2.05) is 6.92 Å². The minimum atomic E-state index is -3.03. The van der Waals surface area contributed by atoms with E-state index in [0.29, 0.717) is 37.4 Å². The molecule has 0 spiro atoms. The van der Waals surface area contributed by atoms with E-state index in [2.05, 4.69) is 22.3 Å². The Kier molecular flexibility index (Phi) is 8.87. The molecule has 0 aliphatic heterocycles. The highest BCUT2D eigenvalue weighted by molar-refractivity contribution is 6.36. The molecule has 7 nitrogen and oxygen atoms in total. The first kappa shape index (κ1) is 26.3. The van der Waals surface area contributed by atoms with Crippen LogP contribution in [0.3, 0.4) is 0 Å². The van der Waals surface area contributed by atoms with E-state index in [1.165, 1.54) is 16.9 Å². The third-order valence-corrected chi connectivity index (χ3v) is 6.73. The number of amides is 1. The maximum Gasteiger partial charge on any atom is 0.387 e. The Hall–Kier alpha value is -2.26. The minimum Gasteiger partial charge on any atom is -0.434 e. The van der Waals surface area contributed by atoms with Crippen LogP contribution in [0.25, 0.3) is 11.3 Å². The number of nitrogens with one attached hydrogen (secondary N) is 1. The molecule has 2 N–H and O–H groups in total. The smallest absolute Gasteiger partial charge is 0.387 e. The van der Waals surface area contributed by atoms with Crippen LogP contribution in [-0.4, -0.2) is 44.5 Å². The van der Waals surface area contributed by atoms with Gasteiger partial charge in [0.05, 0.1) is 21.9 Å². The molecule has 0 unspecified atom stereocenters. The summed E-state index contributed by atoms with van der Waals surface area (Å²) in [7, 11) is 0. The fraction of sp³-hybridized carbons (Fsp3) is 0.625. The van der Waals surface area contributed by atoms with Crippen molar-refractivity contribution >= 4 is 17.5 Å². The van der Waals surface area contributed by atoms with Gasteiger partial charge in [-0.3, -0.25) is 14.5 Å². The summed E-state index contributed by atoms with van der Waals surface area (Å²) >= 11 is 6.57. The van der Waals surface area contributed by atoms with Crippen LogP contribution in [0, 0.1) is 5.92 Å².